The highest BCUT2D eigenvalue weighted by molar-refractivity contribution is 6.33. The minimum absolute atomic E-state index is 0.0402. The Kier molecular flexibility index (Phi) is 13.3. The fourth-order valence-electron chi connectivity index (χ4n) is 3.82. The minimum Gasteiger partial charge on any atom is -0.507 e. The van der Waals surface area contributed by atoms with Gasteiger partial charge in [-0.3, -0.25) is 19.2 Å². The smallest absolute Gasteiger partial charge is 0.490 e. The highest BCUT2D eigenvalue weighted by atomic mass is 19.4. The number of hydrogen-bond donors (Lipinski definition) is 10. The molecule has 0 fully saturated rings. The van der Waals surface area contributed by atoms with Gasteiger partial charge in [0.1, 0.15) is 11.5 Å². The van der Waals surface area contributed by atoms with E-state index in [1.165, 1.54) is 13.8 Å². The molecule has 0 spiro atoms. The molecule has 0 bridgehead atoms. The molecule has 3 rings (SSSR count). The molecule has 14 N–H and O–H groups in total. The van der Waals surface area contributed by atoms with E-state index < -0.39 is 70.2 Å². The fraction of sp³-hybridized carbons (Fsp3) is 0.357. The van der Waals surface area contributed by atoms with Gasteiger partial charge in [-0.05, 0) is 51.0 Å². The third-order valence-corrected chi connectivity index (χ3v) is 6.81. The van der Waals surface area contributed by atoms with Crippen molar-refractivity contribution in [3.63, 3.8) is 0 Å². The van der Waals surface area contributed by atoms with E-state index in [1.54, 1.807) is 12.1 Å². The highest BCUT2D eigenvalue weighted by Crippen LogP contribution is 2.42. The van der Waals surface area contributed by atoms with Crippen LogP contribution in [-0.2, 0) is 19.2 Å². The van der Waals surface area contributed by atoms with Crippen molar-refractivity contribution in [3.8, 4) is 11.5 Å². The first-order chi connectivity index (χ1) is 22.6. The number of halogens is 6. The second-order valence-corrected chi connectivity index (χ2v) is 10.9. The molecule has 2 aromatic carbocycles. The van der Waals surface area contributed by atoms with E-state index in [9.17, 15) is 55.7 Å². The summed E-state index contributed by atoms with van der Waals surface area (Å²) in [5, 5.41) is 40.9. The molecule has 276 valence electrons. The zero-order valence-electron chi connectivity index (χ0n) is 26.0. The summed E-state index contributed by atoms with van der Waals surface area (Å²) in [4.78, 5) is 67.9. The molecule has 22 heteroatoms. The summed E-state index contributed by atoms with van der Waals surface area (Å²) in [6.45, 7) is 3.23. The van der Waals surface area contributed by atoms with Gasteiger partial charge in [-0.25, -0.2) is 9.59 Å². The summed E-state index contributed by atoms with van der Waals surface area (Å²) < 4.78 is 63.5. The van der Waals surface area contributed by atoms with E-state index in [2.05, 4.69) is 10.6 Å². The number of phenols is 2. The molecule has 2 unspecified atom stereocenters. The topological polar surface area (TPSA) is 311 Å². The van der Waals surface area contributed by atoms with Crippen LogP contribution in [0, 0.1) is 0 Å². The molecule has 0 saturated heterocycles. The average Bonchev–Trinajstić information content (AvgIpc) is 2.96. The average molecular weight is 727 g/mol. The number of amides is 2. The van der Waals surface area contributed by atoms with E-state index >= 15 is 0 Å². The number of carbonyl (C=O) groups excluding carboxylic acids is 4. The first-order valence-corrected chi connectivity index (χ1v) is 13.6. The molecule has 16 nitrogen and oxygen atoms in total. The van der Waals surface area contributed by atoms with Crippen LogP contribution in [0.5, 0.6) is 11.5 Å². The first kappa shape index (κ1) is 42.4. The predicted octanol–water partition coefficient (Wildman–Crippen LogP) is 1.15. The maximum atomic E-state index is 13.5. The number of ketones is 2. The first-order valence-electron chi connectivity index (χ1n) is 13.6. The SMILES string of the molecule is CC(N)(CCNc1ccc(NCCC(C)(N)C(N)=O)c2c1C(=O)c1c(O)ccc(O)c1C2=O)C(N)=O.O=C(O)C(F)(F)F.O=C(O)C(F)(F)F. The minimum atomic E-state index is -5.08. The lowest BCUT2D eigenvalue weighted by Gasteiger charge is -2.26. The number of aliphatic carboxylic acids is 2. The van der Waals surface area contributed by atoms with E-state index in [4.69, 9.17) is 42.7 Å². The molecule has 0 radical (unpaired) electrons. The van der Waals surface area contributed by atoms with Gasteiger partial charge in [-0.15, -0.1) is 0 Å². The van der Waals surface area contributed by atoms with Gasteiger partial charge in [-0.2, -0.15) is 26.3 Å². The van der Waals surface area contributed by atoms with Gasteiger partial charge in [-0.1, -0.05) is 0 Å². The van der Waals surface area contributed by atoms with Crippen molar-refractivity contribution in [1.82, 2.24) is 0 Å². The van der Waals surface area contributed by atoms with Gasteiger partial charge in [0.25, 0.3) is 0 Å². The second kappa shape index (κ2) is 15.7. The Hall–Kier alpha value is -5.64. The largest absolute Gasteiger partial charge is 0.507 e. The van der Waals surface area contributed by atoms with Gasteiger partial charge in [0.05, 0.1) is 33.3 Å². The highest BCUT2D eigenvalue weighted by Gasteiger charge is 2.40. The Labute approximate surface area is 277 Å². The summed E-state index contributed by atoms with van der Waals surface area (Å²) >= 11 is 0. The normalized spacial score (nSPS) is 14.5. The third-order valence-electron chi connectivity index (χ3n) is 6.81. The number of carbonyl (C=O) groups is 6. The number of primary amides is 2. The number of hydrogen-bond acceptors (Lipinski definition) is 12. The number of fused-ring (bicyclic) bond motifs is 2. The van der Waals surface area contributed by atoms with Gasteiger partial charge >= 0.3 is 24.3 Å². The van der Waals surface area contributed by atoms with Crippen LogP contribution in [0.3, 0.4) is 0 Å². The summed E-state index contributed by atoms with van der Waals surface area (Å²) in [6, 6.07) is 5.34. The molecule has 1 aliphatic rings. The Morgan fingerprint density at radius 3 is 1.10 bits per heavy atom. The fourth-order valence-corrected chi connectivity index (χ4v) is 3.82. The van der Waals surface area contributed by atoms with E-state index in [0.717, 1.165) is 12.1 Å². The van der Waals surface area contributed by atoms with Crippen molar-refractivity contribution < 1.29 is 75.5 Å². The number of carboxylic acid groups (broad SMARTS) is 2. The van der Waals surface area contributed by atoms with Crippen molar-refractivity contribution in [1.29, 1.82) is 0 Å². The van der Waals surface area contributed by atoms with Gasteiger partial charge in [0.15, 0.2) is 0 Å². The van der Waals surface area contributed by atoms with Crippen LogP contribution in [0.1, 0.15) is 58.5 Å². The molecule has 2 aromatic rings. The predicted molar refractivity (Wildman–Crippen MR) is 160 cm³/mol. The number of benzene rings is 2. The number of carboxylic acids is 2. The molecule has 50 heavy (non-hydrogen) atoms. The molecule has 0 heterocycles. The van der Waals surface area contributed by atoms with Gasteiger partial charge < -0.3 is 54.0 Å². The number of anilines is 2. The molecular weight excluding hydrogens is 694 g/mol. The monoisotopic (exact) mass is 726 g/mol. The van der Waals surface area contributed by atoms with Crippen molar-refractivity contribution in [2.24, 2.45) is 22.9 Å². The maximum Gasteiger partial charge on any atom is 0.490 e. The number of phenolic OH excluding ortho intramolecular Hbond substituents is 2. The molecule has 0 saturated carbocycles. The summed E-state index contributed by atoms with van der Waals surface area (Å²) in [5.41, 5.74) is 19.6. The van der Waals surface area contributed by atoms with Gasteiger partial charge in [0.2, 0.25) is 23.4 Å². The van der Waals surface area contributed by atoms with Crippen molar-refractivity contribution >= 4 is 46.7 Å². The Morgan fingerprint density at radius 1 is 0.620 bits per heavy atom. The summed E-state index contributed by atoms with van der Waals surface area (Å²) in [6.07, 6.45) is -9.91. The summed E-state index contributed by atoms with van der Waals surface area (Å²) in [5.74, 6) is -9.21. The lowest BCUT2D eigenvalue weighted by atomic mass is 9.81. The van der Waals surface area contributed by atoms with Crippen LogP contribution >= 0.6 is 0 Å². The number of alkyl halides is 6. The second-order valence-electron chi connectivity index (χ2n) is 10.9. The standard InChI is InChI=1S/C24H30N6O6.2C2HF3O2/c1-23(27,21(25)35)7-9-29-11-3-4-12(30-10-8-24(2,28)22(26)36)16-15(11)19(33)17-13(31)5-6-14(32)18(17)20(16)34;2*3-2(4,5)1(6)7/h3-6,29-32H,7-10,27-28H2,1-2H3,(H2,25,35)(H2,26,36);2*(H,6,7). The molecular formula is C28H32F6N6O10. The maximum absolute atomic E-state index is 13.5. The number of nitrogens with two attached hydrogens (primary N) is 4. The zero-order chi connectivity index (χ0) is 39.2. The summed E-state index contributed by atoms with van der Waals surface area (Å²) in [7, 11) is 0. The van der Waals surface area contributed by atoms with Crippen LogP contribution in [0.4, 0.5) is 37.7 Å². The molecule has 2 amide bonds. The lowest BCUT2D eigenvalue weighted by Crippen LogP contribution is -2.50. The molecule has 2 atom stereocenters. The van der Waals surface area contributed by atoms with E-state index in [1.807, 2.05) is 0 Å². The van der Waals surface area contributed by atoms with Crippen molar-refractivity contribution in [2.75, 3.05) is 23.7 Å². The van der Waals surface area contributed by atoms with Crippen LogP contribution in [0.2, 0.25) is 0 Å². The van der Waals surface area contributed by atoms with Gasteiger partial charge in [0, 0.05) is 24.5 Å². The van der Waals surface area contributed by atoms with E-state index in [0.29, 0.717) is 0 Å². The number of aromatic hydroxyl groups is 2. The van der Waals surface area contributed by atoms with Crippen LogP contribution in [-0.4, -0.2) is 92.3 Å². The number of rotatable bonds is 10. The Balaban J connectivity index is 0.000000748. The third kappa shape index (κ3) is 10.7. The lowest BCUT2D eigenvalue weighted by molar-refractivity contribution is -0.193. The number of nitrogens with one attached hydrogen (secondary N) is 2. The Morgan fingerprint density at radius 2 is 0.880 bits per heavy atom. The van der Waals surface area contributed by atoms with Crippen LogP contribution < -0.4 is 33.6 Å². The molecule has 0 aromatic heterocycles. The van der Waals surface area contributed by atoms with Crippen molar-refractivity contribution in [3.05, 3.63) is 46.5 Å². The quantitative estimate of drug-likeness (QED) is 0.104. The van der Waals surface area contributed by atoms with Crippen LogP contribution in [0.25, 0.3) is 0 Å². The van der Waals surface area contributed by atoms with Crippen LogP contribution in [0.15, 0.2) is 24.3 Å². The zero-order valence-corrected chi connectivity index (χ0v) is 26.0. The molecule has 0 aliphatic heterocycles. The Bertz CT molecular complexity index is 1560. The molecule has 1 aliphatic carbocycles. The van der Waals surface area contributed by atoms with Crippen molar-refractivity contribution in [2.45, 2.75) is 50.1 Å². The van der Waals surface area contributed by atoms with E-state index in [-0.39, 0.29) is 59.6 Å².